The van der Waals surface area contributed by atoms with E-state index in [1.54, 1.807) is 7.11 Å². The summed E-state index contributed by atoms with van der Waals surface area (Å²) < 4.78 is 31.5. The van der Waals surface area contributed by atoms with Gasteiger partial charge in [0.05, 0.1) is 5.60 Å². The molecule has 0 radical (unpaired) electrons. The van der Waals surface area contributed by atoms with Gasteiger partial charge in [0.25, 0.3) is 0 Å². The van der Waals surface area contributed by atoms with Gasteiger partial charge in [-0.3, -0.25) is 11.3 Å². The fourth-order valence-corrected chi connectivity index (χ4v) is 1.62. The quantitative estimate of drug-likeness (QED) is 0.617. The van der Waals surface area contributed by atoms with E-state index < -0.39 is 17.2 Å². The van der Waals surface area contributed by atoms with Crippen molar-refractivity contribution in [3.63, 3.8) is 0 Å². The van der Waals surface area contributed by atoms with Crippen molar-refractivity contribution in [2.75, 3.05) is 7.11 Å². The SMILES string of the molecule is COC(C)(C)CC(NN)c1cc(F)cc(F)c1. The van der Waals surface area contributed by atoms with Crippen LogP contribution in [0.4, 0.5) is 8.78 Å². The zero-order valence-corrected chi connectivity index (χ0v) is 10.3. The standard InChI is InChI=1S/C12H18F2N2O/c1-12(2,17-3)7-11(16-15)8-4-9(13)6-10(14)5-8/h4-6,11,16H,7,15H2,1-3H3. The maximum Gasteiger partial charge on any atom is 0.126 e. The molecule has 1 aromatic rings. The second-order valence-electron chi connectivity index (χ2n) is 4.59. The van der Waals surface area contributed by atoms with Crippen LogP contribution in [0.25, 0.3) is 0 Å². The van der Waals surface area contributed by atoms with Gasteiger partial charge in [0.1, 0.15) is 11.6 Å². The lowest BCUT2D eigenvalue weighted by Gasteiger charge is -2.28. The Hall–Kier alpha value is -1.04. The monoisotopic (exact) mass is 244 g/mol. The molecule has 5 heteroatoms. The number of halogens is 2. The molecule has 0 bridgehead atoms. The molecule has 0 aromatic heterocycles. The molecule has 0 saturated carbocycles. The van der Waals surface area contributed by atoms with Crippen LogP contribution in [0.3, 0.4) is 0 Å². The average Bonchev–Trinajstić information content (AvgIpc) is 2.24. The van der Waals surface area contributed by atoms with Crippen molar-refractivity contribution >= 4 is 0 Å². The van der Waals surface area contributed by atoms with Crippen molar-refractivity contribution in [2.24, 2.45) is 5.84 Å². The van der Waals surface area contributed by atoms with Gasteiger partial charge in [0.15, 0.2) is 0 Å². The van der Waals surface area contributed by atoms with Gasteiger partial charge >= 0.3 is 0 Å². The third-order valence-electron chi connectivity index (χ3n) is 2.74. The maximum absolute atomic E-state index is 13.1. The maximum atomic E-state index is 13.1. The topological polar surface area (TPSA) is 47.3 Å². The van der Waals surface area contributed by atoms with Crippen LogP contribution in [0.15, 0.2) is 18.2 Å². The van der Waals surface area contributed by atoms with Gasteiger partial charge in [-0.25, -0.2) is 8.78 Å². The summed E-state index contributed by atoms with van der Waals surface area (Å²) in [5, 5.41) is 0. The first-order chi connectivity index (χ1) is 7.88. The number of rotatable bonds is 5. The highest BCUT2D eigenvalue weighted by Crippen LogP contribution is 2.26. The highest BCUT2D eigenvalue weighted by molar-refractivity contribution is 5.21. The fourth-order valence-electron chi connectivity index (χ4n) is 1.62. The predicted octanol–water partition coefficient (Wildman–Crippen LogP) is 2.28. The number of hydrazine groups is 1. The molecule has 3 N–H and O–H groups in total. The lowest BCUT2D eigenvalue weighted by molar-refractivity contribution is 0.00676. The van der Waals surface area contributed by atoms with E-state index in [-0.39, 0.29) is 6.04 Å². The average molecular weight is 244 g/mol. The molecular formula is C12H18F2N2O. The molecule has 3 nitrogen and oxygen atoms in total. The molecule has 1 rings (SSSR count). The van der Waals surface area contributed by atoms with E-state index >= 15 is 0 Å². The molecule has 1 atom stereocenters. The molecule has 1 aromatic carbocycles. The first-order valence-corrected chi connectivity index (χ1v) is 5.35. The minimum Gasteiger partial charge on any atom is -0.379 e. The van der Waals surface area contributed by atoms with Crippen LogP contribution in [0.5, 0.6) is 0 Å². The summed E-state index contributed by atoms with van der Waals surface area (Å²) in [5.41, 5.74) is 2.59. The Bertz CT molecular complexity index is 363. The van der Waals surface area contributed by atoms with Gasteiger partial charge < -0.3 is 4.74 Å². The Morgan fingerprint density at radius 3 is 2.24 bits per heavy atom. The van der Waals surface area contributed by atoms with Crippen LogP contribution >= 0.6 is 0 Å². The largest absolute Gasteiger partial charge is 0.379 e. The molecule has 0 amide bonds. The van der Waals surface area contributed by atoms with Crippen molar-refractivity contribution in [3.05, 3.63) is 35.4 Å². The van der Waals surface area contributed by atoms with Crippen molar-refractivity contribution in [3.8, 4) is 0 Å². The second-order valence-corrected chi connectivity index (χ2v) is 4.59. The number of hydrogen-bond acceptors (Lipinski definition) is 3. The number of ether oxygens (including phenoxy) is 1. The smallest absolute Gasteiger partial charge is 0.126 e. The van der Waals surface area contributed by atoms with Gasteiger partial charge in [-0.15, -0.1) is 0 Å². The Balaban J connectivity index is 2.93. The van der Waals surface area contributed by atoms with E-state index in [1.807, 2.05) is 13.8 Å². The summed E-state index contributed by atoms with van der Waals surface area (Å²) in [6, 6.07) is 2.99. The van der Waals surface area contributed by atoms with E-state index in [0.29, 0.717) is 12.0 Å². The summed E-state index contributed by atoms with van der Waals surface area (Å²) in [6.07, 6.45) is 0.503. The van der Waals surface area contributed by atoms with Crippen molar-refractivity contribution < 1.29 is 13.5 Å². The highest BCUT2D eigenvalue weighted by atomic mass is 19.1. The Labute approximate surface area is 99.9 Å². The first-order valence-electron chi connectivity index (χ1n) is 5.35. The van der Waals surface area contributed by atoms with Crippen LogP contribution in [-0.2, 0) is 4.74 Å². The molecule has 0 aliphatic rings. The Morgan fingerprint density at radius 2 is 1.82 bits per heavy atom. The lowest BCUT2D eigenvalue weighted by Crippen LogP contribution is -2.35. The summed E-state index contributed by atoms with van der Waals surface area (Å²) in [6.45, 7) is 3.76. The van der Waals surface area contributed by atoms with Crippen molar-refractivity contribution in [2.45, 2.75) is 31.9 Å². The van der Waals surface area contributed by atoms with Crippen LogP contribution in [0, 0.1) is 11.6 Å². The van der Waals surface area contributed by atoms with Crippen molar-refractivity contribution in [1.82, 2.24) is 5.43 Å². The Kier molecular flexibility index (Phi) is 4.56. The zero-order valence-electron chi connectivity index (χ0n) is 10.3. The molecule has 0 aliphatic carbocycles. The second kappa shape index (κ2) is 5.53. The van der Waals surface area contributed by atoms with Gasteiger partial charge in [-0.1, -0.05) is 0 Å². The summed E-state index contributed by atoms with van der Waals surface area (Å²) in [7, 11) is 1.58. The van der Waals surface area contributed by atoms with Crippen LogP contribution in [0.1, 0.15) is 31.9 Å². The molecule has 96 valence electrons. The van der Waals surface area contributed by atoms with E-state index in [9.17, 15) is 8.78 Å². The first kappa shape index (κ1) is 14.0. The summed E-state index contributed by atoms with van der Waals surface area (Å²) in [5.74, 6) is 4.19. The molecule has 1 unspecified atom stereocenters. The normalized spacial score (nSPS) is 13.8. The van der Waals surface area contributed by atoms with Crippen molar-refractivity contribution in [1.29, 1.82) is 0 Å². The molecule has 0 aliphatic heterocycles. The molecule has 17 heavy (non-hydrogen) atoms. The van der Waals surface area contributed by atoms with E-state index in [4.69, 9.17) is 10.6 Å². The third kappa shape index (κ3) is 4.03. The van der Waals surface area contributed by atoms with Crippen LogP contribution < -0.4 is 11.3 Å². The summed E-state index contributed by atoms with van der Waals surface area (Å²) >= 11 is 0. The lowest BCUT2D eigenvalue weighted by atomic mass is 9.94. The minimum absolute atomic E-state index is 0.366. The van der Waals surface area contributed by atoms with Gasteiger partial charge in [-0.05, 0) is 38.0 Å². The van der Waals surface area contributed by atoms with Gasteiger partial charge in [-0.2, -0.15) is 0 Å². The van der Waals surface area contributed by atoms with Gasteiger partial charge in [0.2, 0.25) is 0 Å². The number of nitrogens with one attached hydrogen (secondary N) is 1. The highest BCUT2D eigenvalue weighted by Gasteiger charge is 2.24. The molecular weight excluding hydrogens is 226 g/mol. The third-order valence-corrected chi connectivity index (χ3v) is 2.74. The molecule has 0 heterocycles. The number of methoxy groups -OCH3 is 1. The van der Waals surface area contributed by atoms with E-state index in [1.165, 1.54) is 12.1 Å². The molecule has 0 saturated heterocycles. The van der Waals surface area contributed by atoms with Crippen LogP contribution in [0.2, 0.25) is 0 Å². The minimum atomic E-state index is -0.615. The molecule has 0 spiro atoms. The van der Waals surface area contributed by atoms with E-state index in [2.05, 4.69) is 5.43 Å². The molecule has 0 fully saturated rings. The predicted molar refractivity (Wildman–Crippen MR) is 62.1 cm³/mol. The zero-order chi connectivity index (χ0) is 13.1. The number of hydrogen-bond donors (Lipinski definition) is 2. The van der Waals surface area contributed by atoms with E-state index in [0.717, 1.165) is 6.07 Å². The number of benzene rings is 1. The van der Waals surface area contributed by atoms with Gasteiger partial charge in [0, 0.05) is 19.2 Å². The number of nitrogens with two attached hydrogens (primary N) is 1. The van der Waals surface area contributed by atoms with Crippen LogP contribution in [-0.4, -0.2) is 12.7 Å². The Morgan fingerprint density at radius 1 is 1.29 bits per heavy atom. The fraction of sp³-hybridized carbons (Fsp3) is 0.500. The summed E-state index contributed by atoms with van der Waals surface area (Å²) in [4.78, 5) is 0.